The van der Waals surface area contributed by atoms with Crippen LogP contribution in [0.1, 0.15) is 27.5 Å². The maximum absolute atomic E-state index is 13.9. The van der Waals surface area contributed by atoms with Crippen LogP contribution >= 0.6 is 39.0 Å². The Morgan fingerprint density at radius 3 is 2.35 bits per heavy atom. The molecule has 1 saturated heterocycles. The summed E-state index contributed by atoms with van der Waals surface area (Å²) in [6.45, 7) is 3.69. The summed E-state index contributed by atoms with van der Waals surface area (Å²) >= 11 is 5.72. The van der Waals surface area contributed by atoms with Crippen molar-refractivity contribution in [1.82, 2.24) is 4.57 Å². The van der Waals surface area contributed by atoms with Crippen LogP contribution in [0.3, 0.4) is 0 Å². The largest absolute Gasteiger partial charge is 0.325 e. The Bertz CT molecular complexity index is 1710. The molecule has 0 saturated carbocycles. The van der Waals surface area contributed by atoms with Gasteiger partial charge in [-0.15, -0.1) is 0 Å². The average molecular weight is 635 g/mol. The van der Waals surface area contributed by atoms with Gasteiger partial charge in [-0.2, -0.15) is 0 Å². The van der Waals surface area contributed by atoms with Gasteiger partial charge in [-0.1, -0.05) is 81.0 Å². The van der Waals surface area contributed by atoms with E-state index in [-0.39, 0.29) is 29.1 Å². The van der Waals surface area contributed by atoms with E-state index in [9.17, 15) is 19.2 Å². The van der Waals surface area contributed by atoms with Crippen LogP contribution in [0.2, 0.25) is 0 Å². The summed E-state index contributed by atoms with van der Waals surface area (Å²) in [5, 5.41) is 2.70. The molecule has 7 nitrogen and oxygen atoms in total. The first-order valence-corrected chi connectivity index (χ1v) is 15.2. The minimum atomic E-state index is -0.727. The first kappa shape index (κ1) is 26.7. The number of imide groups is 1. The van der Waals surface area contributed by atoms with E-state index in [1.807, 2.05) is 68.4 Å². The molecule has 4 aromatic rings. The second-order valence-electron chi connectivity index (χ2n) is 9.98. The average Bonchev–Trinajstić information content (AvgIpc) is 3.36. The lowest BCUT2D eigenvalue weighted by molar-refractivity contribution is -0.122. The number of carbonyl (C=O) groups excluding carboxylic acids is 3. The summed E-state index contributed by atoms with van der Waals surface area (Å²) < 4.78 is 2.32. The normalized spacial score (nSPS) is 19.9. The summed E-state index contributed by atoms with van der Waals surface area (Å²) in [6.07, 6.45) is 0. The van der Waals surface area contributed by atoms with E-state index < -0.39 is 17.1 Å². The van der Waals surface area contributed by atoms with Crippen LogP contribution in [0.4, 0.5) is 11.4 Å². The van der Waals surface area contributed by atoms with E-state index in [0.29, 0.717) is 21.3 Å². The Balaban J connectivity index is 1.41. The molecule has 0 spiro atoms. The van der Waals surface area contributed by atoms with Gasteiger partial charge in [-0.25, -0.2) is 4.90 Å². The van der Waals surface area contributed by atoms with Crippen molar-refractivity contribution in [2.24, 2.45) is 5.92 Å². The Morgan fingerprint density at radius 2 is 1.65 bits per heavy atom. The smallest absolute Gasteiger partial charge is 0.308 e. The highest BCUT2D eigenvalue weighted by Gasteiger charge is 2.56. The monoisotopic (exact) mass is 633 g/mol. The molecule has 10 heteroatoms. The topological polar surface area (TPSA) is 88.5 Å². The Hall–Kier alpha value is -3.47. The van der Waals surface area contributed by atoms with E-state index in [2.05, 4.69) is 21.2 Å². The number of carbonyl (C=O) groups is 3. The summed E-state index contributed by atoms with van der Waals surface area (Å²) in [6, 6.07) is 22.4. The fourth-order valence-corrected chi connectivity index (χ4v) is 8.34. The summed E-state index contributed by atoms with van der Waals surface area (Å²) in [5.41, 5.74) is 4.04. The Labute approximate surface area is 247 Å². The van der Waals surface area contributed by atoms with Crippen LogP contribution in [-0.2, 0) is 20.9 Å². The van der Waals surface area contributed by atoms with Gasteiger partial charge >= 0.3 is 4.87 Å². The number of aryl methyl sites for hydroxylation is 2. The molecule has 40 heavy (non-hydrogen) atoms. The summed E-state index contributed by atoms with van der Waals surface area (Å²) in [4.78, 5) is 55.7. The lowest BCUT2D eigenvalue weighted by atomic mass is 9.83. The molecule has 0 radical (unpaired) electrons. The number of anilines is 2. The van der Waals surface area contributed by atoms with Gasteiger partial charge in [0.2, 0.25) is 17.7 Å². The molecule has 1 fully saturated rings. The van der Waals surface area contributed by atoms with Gasteiger partial charge in [0.05, 0.1) is 16.6 Å². The third kappa shape index (κ3) is 4.74. The van der Waals surface area contributed by atoms with Gasteiger partial charge in [0.1, 0.15) is 11.8 Å². The van der Waals surface area contributed by atoms with Crippen molar-refractivity contribution in [1.29, 1.82) is 0 Å². The summed E-state index contributed by atoms with van der Waals surface area (Å²) in [5.74, 6) is -2.12. The number of fused-ring (bicyclic) bond motifs is 2. The lowest BCUT2D eigenvalue weighted by Gasteiger charge is -2.30. The molecule has 2 aliphatic heterocycles. The van der Waals surface area contributed by atoms with Crippen LogP contribution in [0.5, 0.6) is 0 Å². The number of hydrogen-bond donors (Lipinski definition) is 1. The highest BCUT2D eigenvalue weighted by molar-refractivity contribution is 9.10. The van der Waals surface area contributed by atoms with E-state index >= 15 is 0 Å². The maximum atomic E-state index is 13.9. The van der Waals surface area contributed by atoms with E-state index in [4.69, 9.17) is 0 Å². The lowest BCUT2D eigenvalue weighted by Crippen LogP contribution is -2.33. The van der Waals surface area contributed by atoms with Crippen LogP contribution in [0, 0.1) is 19.8 Å². The van der Waals surface area contributed by atoms with Gasteiger partial charge in [0, 0.05) is 21.0 Å². The number of benzene rings is 3. The fraction of sp³-hybridized carbons (Fsp3) is 0.200. The van der Waals surface area contributed by atoms with Crippen LogP contribution in [0.15, 0.2) is 87.1 Å². The fourth-order valence-electron chi connectivity index (χ4n) is 5.30. The number of aromatic nitrogens is 1. The molecule has 2 aliphatic rings. The first-order chi connectivity index (χ1) is 19.2. The molecular weight excluding hydrogens is 610 g/mol. The van der Waals surface area contributed by atoms with Crippen molar-refractivity contribution in [2.75, 3.05) is 10.2 Å². The van der Waals surface area contributed by atoms with E-state index in [1.165, 1.54) is 21.2 Å². The highest BCUT2D eigenvalue weighted by Crippen LogP contribution is 2.53. The van der Waals surface area contributed by atoms with Gasteiger partial charge in [-0.05, 0) is 61.4 Å². The van der Waals surface area contributed by atoms with Crippen LogP contribution < -0.4 is 15.1 Å². The predicted molar refractivity (Wildman–Crippen MR) is 161 cm³/mol. The number of hydrogen-bond acceptors (Lipinski definition) is 6. The third-order valence-corrected chi connectivity index (χ3v) is 10.3. The zero-order valence-corrected chi connectivity index (χ0v) is 24.8. The number of amides is 3. The molecule has 3 atom stereocenters. The minimum absolute atomic E-state index is 0.195. The van der Waals surface area contributed by atoms with Gasteiger partial charge < -0.3 is 5.32 Å². The molecule has 0 unspecified atom stereocenters. The number of thioether (sulfide) groups is 1. The number of halogens is 1. The zero-order valence-electron chi connectivity index (χ0n) is 21.6. The van der Waals surface area contributed by atoms with Crippen molar-refractivity contribution in [3.05, 3.63) is 109 Å². The number of thiazole rings is 1. The Kier molecular flexibility index (Phi) is 7.02. The zero-order chi connectivity index (χ0) is 28.1. The summed E-state index contributed by atoms with van der Waals surface area (Å²) in [7, 11) is 0. The minimum Gasteiger partial charge on any atom is -0.325 e. The molecule has 3 aromatic carbocycles. The van der Waals surface area contributed by atoms with Crippen LogP contribution in [-0.4, -0.2) is 27.5 Å². The van der Waals surface area contributed by atoms with Crippen molar-refractivity contribution in [3.8, 4) is 0 Å². The quantitative estimate of drug-likeness (QED) is 0.284. The van der Waals surface area contributed by atoms with Gasteiger partial charge in [0.15, 0.2) is 0 Å². The van der Waals surface area contributed by atoms with Gasteiger partial charge in [-0.3, -0.25) is 23.7 Å². The molecule has 3 heterocycles. The third-order valence-electron chi connectivity index (χ3n) is 7.17. The molecule has 0 aliphatic carbocycles. The second kappa shape index (κ2) is 10.5. The molecule has 3 amide bonds. The SMILES string of the molecule is Cc1ccc(N2C(=O)[C@H]3[C@H](c4ccc(Br)cc4)c4sc(=O)n(CC(=O)Nc5cccc(C)c5)c4S[C@H]3C2=O)cc1. The molecule has 6 rings (SSSR count). The van der Waals surface area contributed by atoms with Crippen LogP contribution in [0.25, 0.3) is 0 Å². The highest BCUT2D eigenvalue weighted by atomic mass is 79.9. The van der Waals surface area contributed by atoms with Crippen molar-refractivity contribution in [2.45, 2.75) is 36.6 Å². The first-order valence-electron chi connectivity index (χ1n) is 12.7. The molecule has 202 valence electrons. The van der Waals surface area contributed by atoms with Crippen molar-refractivity contribution >= 4 is 68.1 Å². The van der Waals surface area contributed by atoms with Crippen molar-refractivity contribution in [3.63, 3.8) is 0 Å². The molecule has 0 bridgehead atoms. The van der Waals surface area contributed by atoms with Gasteiger partial charge in [0.25, 0.3) is 0 Å². The van der Waals surface area contributed by atoms with E-state index in [0.717, 1.165) is 32.5 Å². The Morgan fingerprint density at radius 1 is 0.925 bits per heavy atom. The molecule has 1 aromatic heterocycles. The van der Waals surface area contributed by atoms with E-state index in [1.54, 1.807) is 18.2 Å². The second-order valence-corrected chi connectivity index (χ2v) is 13.0. The van der Waals surface area contributed by atoms with Crippen molar-refractivity contribution < 1.29 is 14.4 Å². The predicted octanol–water partition coefficient (Wildman–Crippen LogP) is 5.72. The number of nitrogens with zero attached hydrogens (tertiary/aromatic N) is 2. The molecule has 1 N–H and O–H groups in total. The molecular formula is C30H24BrN3O4S2. The number of rotatable bonds is 5. The number of nitrogens with one attached hydrogen (secondary N) is 1. The maximum Gasteiger partial charge on any atom is 0.308 e. The standard InChI is InChI=1S/C30H24BrN3O4S2/c1-16-6-12-21(13-7-16)34-27(36)24-23(18-8-10-19(31)11-9-18)26-29(39-25(24)28(34)37)33(30(38)40-26)15-22(35)32-20-5-3-4-17(2)14-20/h3-14,23-25H,15H2,1-2H3,(H,32,35)/t23-,24-,25+/m0/s1.